The van der Waals surface area contributed by atoms with Gasteiger partial charge in [-0.3, -0.25) is 44.4 Å². The van der Waals surface area contributed by atoms with Crippen LogP contribution in [-0.2, 0) is 4.79 Å². The lowest BCUT2D eigenvalue weighted by atomic mass is 9.90. The van der Waals surface area contributed by atoms with Crippen LogP contribution in [0, 0.1) is 20.2 Å². The number of imide groups is 1. The van der Waals surface area contributed by atoms with Crippen molar-refractivity contribution in [2.45, 2.75) is 12.1 Å². The molecule has 2 atom stereocenters. The molecule has 13 heteroatoms. The Hall–Kier alpha value is -4.16. The van der Waals surface area contributed by atoms with Crippen molar-refractivity contribution < 1.29 is 24.2 Å². The zero-order valence-electron chi connectivity index (χ0n) is 16.8. The van der Waals surface area contributed by atoms with E-state index in [0.717, 1.165) is 17.0 Å². The maximum absolute atomic E-state index is 13.4. The van der Waals surface area contributed by atoms with Crippen LogP contribution in [0.4, 0.5) is 17.1 Å². The third-order valence-corrected chi connectivity index (χ3v) is 6.87. The molecule has 2 aromatic carbocycles. The maximum atomic E-state index is 13.4. The number of β-lactam (4-membered cyclic amide) rings is 1. The number of carbonyl (C=O) groups is 3. The number of rotatable bonds is 5. The molecule has 0 radical (unpaired) electrons. The van der Waals surface area contributed by atoms with Crippen molar-refractivity contribution in [1.82, 2.24) is 4.90 Å². The molecule has 3 aromatic rings. The number of nitro groups is 2. The highest BCUT2D eigenvalue weighted by Gasteiger charge is 2.59. The second-order valence-electron chi connectivity index (χ2n) is 7.44. The minimum atomic E-state index is -1.33. The Bertz CT molecular complexity index is 1420. The Morgan fingerprint density at radius 1 is 0.853 bits per heavy atom. The van der Waals surface area contributed by atoms with Gasteiger partial charge >= 0.3 is 0 Å². The quantitative estimate of drug-likeness (QED) is 0.224. The van der Waals surface area contributed by atoms with Gasteiger partial charge in [0.05, 0.1) is 15.4 Å². The summed E-state index contributed by atoms with van der Waals surface area (Å²) in [6.07, 6.45) is 0. The molecule has 11 nitrogen and oxygen atoms in total. The summed E-state index contributed by atoms with van der Waals surface area (Å²) in [7, 11) is 0. The highest BCUT2D eigenvalue weighted by molar-refractivity contribution is 7.10. The first-order valence-electron chi connectivity index (χ1n) is 9.68. The Labute approximate surface area is 199 Å². The highest BCUT2D eigenvalue weighted by Crippen LogP contribution is 2.48. The summed E-state index contributed by atoms with van der Waals surface area (Å²) >= 11 is 7.14. The lowest BCUT2D eigenvalue weighted by Crippen LogP contribution is -2.67. The van der Waals surface area contributed by atoms with Crippen LogP contribution in [0.5, 0.6) is 0 Å². The van der Waals surface area contributed by atoms with E-state index in [1.54, 1.807) is 17.5 Å². The van der Waals surface area contributed by atoms with Crippen LogP contribution < -0.4 is 4.90 Å². The molecule has 0 saturated carbocycles. The van der Waals surface area contributed by atoms with Gasteiger partial charge in [0.15, 0.2) is 0 Å². The maximum Gasteiger partial charge on any atom is 0.294 e. The summed E-state index contributed by atoms with van der Waals surface area (Å²) in [6, 6.07) is 8.61. The van der Waals surface area contributed by atoms with Gasteiger partial charge in [-0.2, -0.15) is 0 Å². The van der Waals surface area contributed by atoms with Crippen molar-refractivity contribution in [3.63, 3.8) is 0 Å². The molecule has 1 fully saturated rings. The first-order chi connectivity index (χ1) is 16.2. The number of hydrogen-bond donors (Lipinski definition) is 0. The second-order valence-corrected chi connectivity index (χ2v) is 8.86. The molecule has 34 heavy (non-hydrogen) atoms. The van der Waals surface area contributed by atoms with Gasteiger partial charge in [0.1, 0.15) is 23.3 Å². The van der Waals surface area contributed by atoms with Gasteiger partial charge in [0, 0.05) is 22.0 Å². The number of thiophene rings is 1. The fourth-order valence-corrected chi connectivity index (χ4v) is 5.28. The molecule has 1 saturated heterocycles. The molecule has 5 rings (SSSR count). The number of halogens is 1. The van der Waals surface area contributed by atoms with E-state index in [1.807, 2.05) is 0 Å². The Morgan fingerprint density at radius 2 is 1.59 bits per heavy atom. The van der Waals surface area contributed by atoms with Gasteiger partial charge < -0.3 is 0 Å². The van der Waals surface area contributed by atoms with Crippen LogP contribution in [0.1, 0.15) is 31.6 Å². The molecule has 3 heterocycles. The molecule has 2 aliphatic rings. The SMILES string of the molecule is O=C1c2cccc([N+](=O)[O-])c2C(=O)N1[C@@H]1C(=O)N(c2ccc(Cl)cc2[N+](=O)[O-])[C@@H]1c1cccs1. The highest BCUT2D eigenvalue weighted by atomic mass is 35.5. The molecule has 2 aliphatic heterocycles. The summed E-state index contributed by atoms with van der Waals surface area (Å²) in [5.74, 6) is -2.53. The first-order valence-corrected chi connectivity index (χ1v) is 10.9. The van der Waals surface area contributed by atoms with Crippen LogP contribution in [0.15, 0.2) is 53.9 Å². The number of hydrogen-bond acceptors (Lipinski definition) is 8. The molecule has 0 bridgehead atoms. The normalized spacial score (nSPS) is 19.3. The average molecular weight is 499 g/mol. The molecule has 1 aromatic heterocycles. The van der Waals surface area contributed by atoms with Gasteiger partial charge in [-0.05, 0) is 29.6 Å². The summed E-state index contributed by atoms with van der Waals surface area (Å²) < 4.78 is 0. The van der Waals surface area contributed by atoms with Crippen molar-refractivity contribution in [2.24, 2.45) is 0 Å². The summed E-state index contributed by atoms with van der Waals surface area (Å²) in [6.45, 7) is 0. The lowest BCUT2D eigenvalue weighted by Gasteiger charge is -2.48. The monoisotopic (exact) mass is 498 g/mol. The molecular formula is C21H11ClN4O7S. The van der Waals surface area contributed by atoms with Crippen molar-refractivity contribution >= 4 is 57.7 Å². The predicted octanol–water partition coefficient (Wildman–Crippen LogP) is 3.97. The zero-order valence-corrected chi connectivity index (χ0v) is 18.4. The molecule has 0 aliphatic carbocycles. The van der Waals surface area contributed by atoms with Crippen molar-refractivity contribution in [3.05, 3.63) is 95.2 Å². The number of nitrogens with zero attached hydrogens (tertiary/aromatic N) is 4. The van der Waals surface area contributed by atoms with Gasteiger partial charge in [-0.1, -0.05) is 23.7 Å². The minimum Gasteiger partial charge on any atom is -0.293 e. The number of amides is 3. The number of fused-ring (bicyclic) bond motifs is 1. The van der Waals surface area contributed by atoms with E-state index in [4.69, 9.17) is 11.6 Å². The smallest absolute Gasteiger partial charge is 0.293 e. The van der Waals surface area contributed by atoms with E-state index in [9.17, 15) is 34.6 Å². The summed E-state index contributed by atoms with van der Waals surface area (Å²) in [5.41, 5.74) is -1.56. The summed E-state index contributed by atoms with van der Waals surface area (Å²) in [4.78, 5) is 63.7. The van der Waals surface area contributed by atoms with E-state index in [-0.39, 0.29) is 21.8 Å². The average Bonchev–Trinajstić information content (AvgIpc) is 3.41. The third-order valence-electron chi connectivity index (χ3n) is 5.70. The Balaban J connectivity index is 1.62. The number of anilines is 1. The molecule has 170 valence electrons. The van der Waals surface area contributed by atoms with Crippen LogP contribution >= 0.6 is 22.9 Å². The van der Waals surface area contributed by atoms with E-state index in [2.05, 4.69) is 0 Å². The predicted molar refractivity (Wildman–Crippen MR) is 120 cm³/mol. The van der Waals surface area contributed by atoms with Crippen LogP contribution in [-0.4, -0.2) is 38.5 Å². The fraction of sp³-hybridized carbons (Fsp3) is 0.0952. The second kappa shape index (κ2) is 7.71. The Morgan fingerprint density at radius 3 is 2.24 bits per heavy atom. The van der Waals surface area contributed by atoms with Gasteiger partial charge in [0.25, 0.3) is 29.1 Å². The molecule has 0 N–H and O–H groups in total. The van der Waals surface area contributed by atoms with Gasteiger partial charge in [-0.25, -0.2) is 0 Å². The van der Waals surface area contributed by atoms with Gasteiger partial charge in [-0.15, -0.1) is 11.3 Å². The van der Waals surface area contributed by atoms with Crippen molar-refractivity contribution in [3.8, 4) is 0 Å². The van der Waals surface area contributed by atoms with Gasteiger partial charge in [0.2, 0.25) is 0 Å². The van der Waals surface area contributed by atoms with Crippen LogP contribution in [0.3, 0.4) is 0 Å². The van der Waals surface area contributed by atoms with E-state index < -0.39 is 51.0 Å². The Kier molecular flexibility index (Phi) is 4.92. The lowest BCUT2D eigenvalue weighted by molar-refractivity contribution is -0.385. The first kappa shape index (κ1) is 21.7. The number of benzene rings is 2. The minimum absolute atomic E-state index is 0.0448. The largest absolute Gasteiger partial charge is 0.294 e. The van der Waals surface area contributed by atoms with E-state index in [0.29, 0.717) is 9.78 Å². The number of carbonyl (C=O) groups excluding carboxylic acids is 3. The standard InChI is InChI=1S/C21H11ClN4O7S/c22-10-6-7-12(14(9-10)26(32)33)23-17(15-5-2-8-34-15)18(21(23)29)24-19(27)11-3-1-4-13(25(30)31)16(11)20(24)28/h1-9,17-18H/t17-,18+/m1/s1. The molecular weight excluding hydrogens is 488 g/mol. The van der Waals surface area contributed by atoms with Crippen molar-refractivity contribution in [2.75, 3.05) is 4.90 Å². The molecule has 0 spiro atoms. The zero-order chi connectivity index (χ0) is 24.3. The van der Waals surface area contributed by atoms with E-state index in [1.165, 1.54) is 35.6 Å². The van der Waals surface area contributed by atoms with Crippen molar-refractivity contribution in [1.29, 1.82) is 0 Å². The topological polar surface area (TPSA) is 144 Å². The molecule has 3 amide bonds. The fourth-order valence-electron chi connectivity index (χ4n) is 4.27. The van der Waals surface area contributed by atoms with E-state index >= 15 is 0 Å². The molecule has 0 unspecified atom stereocenters. The van der Waals surface area contributed by atoms with Crippen LogP contribution in [0.25, 0.3) is 0 Å². The number of nitro benzene ring substituents is 2. The third kappa shape index (κ3) is 2.99. The summed E-state index contributed by atoms with van der Waals surface area (Å²) in [5, 5.41) is 24.9. The van der Waals surface area contributed by atoms with Crippen LogP contribution in [0.2, 0.25) is 5.02 Å².